The lowest BCUT2D eigenvalue weighted by Crippen LogP contribution is -2.23. The summed E-state index contributed by atoms with van der Waals surface area (Å²) in [5, 5.41) is 32.5. The van der Waals surface area contributed by atoms with Crippen molar-refractivity contribution in [2.24, 2.45) is 20.5 Å². The van der Waals surface area contributed by atoms with Crippen molar-refractivity contribution < 1.29 is 14.6 Å². The molecule has 0 saturated heterocycles. The van der Waals surface area contributed by atoms with Crippen LogP contribution in [-0.4, -0.2) is 18.1 Å². The van der Waals surface area contributed by atoms with E-state index in [1.807, 2.05) is 78.9 Å². The van der Waals surface area contributed by atoms with E-state index in [4.69, 9.17) is 4.74 Å². The molecule has 0 bridgehead atoms. The van der Waals surface area contributed by atoms with Gasteiger partial charge in [-0.05, 0) is 53.9 Å². The van der Waals surface area contributed by atoms with Gasteiger partial charge in [-0.15, -0.1) is 5.11 Å². The number of ether oxygens (including phenoxy) is 1. The Morgan fingerprint density at radius 3 is 2.05 bits per heavy atom. The highest BCUT2D eigenvalue weighted by molar-refractivity contribution is 6.06. The van der Waals surface area contributed by atoms with Crippen molar-refractivity contribution in [2.75, 3.05) is 7.11 Å². The molecule has 0 unspecified atom stereocenters. The van der Waals surface area contributed by atoms with Gasteiger partial charge in [0, 0.05) is 17.5 Å². The number of phenolic OH excluding ortho intramolecular Hbond substituents is 1. The van der Waals surface area contributed by atoms with Gasteiger partial charge < -0.3 is 15.2 Å². The number of benzene rings is 5. The van der Waals surface area contributed by atoms with Gasteiger partial charge in [-0.3, -0.25) is 4.79 Å². The maximum atomic E-state index is 13.1. The van der Waals surface area contributed by atoms with Crippen molar-refractivity contribution in [3.8, 4) is 11.5 Å². The number of rotatable bonds is 8. The van der Waals surface area contributed by atoms with Crippen LogP contribution in [0, 0.1) is 0 Å². The zero-order valence-corrected chi connectivity index (χ0v) is 21.2. The standard InChI is InChI=1S/C31H25N5O3/c1-39-28-14-8-6-10-22(28)20-32-31(38)27-19-21-9-5-7-13-26(21)29(30(27)37)36-35-25-17-15-24(16-18-25)34-33-23-11-3-2-4-12-23/h2-19,37H,20H2,1H3,(H,32,38). The Hall–Kier alpha value is -5.37. The van der Waals surface area contributed by atoms with E-state index in [1.54, 1.807) is 37.4 Å². The van der Waals surface area contributed by atoms with Crippen molar-refractivity contribution >= 4 is 39.4 Å². The Morgan fingerprint density at radius 1 is 0.744 bits per heavy atom. The summed E-state index contributed by atoms with van der Waals surface area (Å²) in [6.07, 6.45) is 0. The van der Waals surface area contributed by atoms with Gasteiger partial charge >= 0.3 is 0 Å². The molecule has 0 spiro atoms. The number of para-hydroxylation sites is 1. The number of hydrogen-bond acceptors (Lipinski definition) is 7. The number of carbonyl (C=O) groups is 1. The SMILES string of the molecule is COc1ccccc1CNC(=O)c1cc2ccccc2c(N=Nc2ccc(N=Nc3ccccc3)cc2)c1O. The number of nitrogens with zero attached hydrogens (tertiary/aromatic N) is 4. The predicted octanol–water partition coefficient (Wildman–Crippen LogP) is 8.31. The van der Waals surface area contributed by atoms with Crippen LogP contribution >= 0.6 is 0 Å². The van der Waals surface area contributed by atoms with Gasteiger partial charge in [0.15, 0.2) is 5.75 Å². The Morgan fingerprint density at radius 2 is 1.33 bits per heavy atom. The first-order chi connectivity index (χ1) is 19.1. The van der Waals surface area contributed by atoms with Crippen LogP contribution in [0.3, 0.4) is 0 Å². The lowest BCUT2D eigenvalue weighted by Gasteiger charge is -2.12. The van der Waals surface area contributed by atoms with E-state index in [9.17, 15) is 9.90 Å². The minimum atomic E-state index is -0.436. The molecule has 5 aromatic carbocycles. The summed E-state index contributed by atoms with van der Waals surface area (Å²) >= 11 is 0. The number of phenols is 1. The fourth-order valence-corrected chi connectivity index (χ4v) is 4.02. The molecule has 0 aliphatic heterocycles. The van der Waals surface area contributed by atoms with Gasteiger partial charge in [-0.2, -0.15) is 15.3 Å². The number of amides is 1. The molecule has 39 heavy (non-hydrogen) atoms. The number of methoxy groups -OCH3 is 1. The van der Waals surface area contributed by atoms with E-state index in [2.05, 4.69) is 25.8 Å². The topological polar surface area (TPSA) is 108 Å². The van der Waals surface area contributed by atoms with Gasteiger partial charge in [0.25, 0.3) is 5.91 Å². The minimum absolute atomic E-state index is 0.106. The Kier molecular flexibility index (Phi) is 7.64. The molecule has 5 rings (SSSR count). The molecule has 0 atom stereocenters. The average Bonchev–Trinajstić information content (AvgIpc) is 2.99. The molecule has 2 N–H and O–H groups in total. The molecule has 0 saturated carbocycles. The lowest BCUT2D eigenvalue weighted by molar-refractivity contribution is 0.0948. The molecule has 8 nitrogen and oxygen atoms in total. The highest BCUT2D eigenvalue weighted by Crippen LogP contribution is 2.39. The number of carbonyl (C=O) groups excluding carboxylic acids is 1. The molecule has 5 aromatic rings. The lowest BCUT2D eigenvalue weighted by atomic mass is 10.0. The second-order valence-electron chi connectivity index (χ2n) is 8.59. The highest BCUT2D eigenvalue weighted by Gasteiger charge is 2.18. The average molecular weight is 516 g/mol. The van der Waals surface area contributed by atoms with Crippen LogP contribution in [0.4, 0.5) is 22.7 Å². The van der Waals surface area contributed by atoms with Crippen LogP contribution < -0.4 is 10.1 Å². The van der Waals surface area contributed by atoms with Gasteiger partial charge in [0.05, 0.1) is 29.7 Å². The highest BCUT2D eigenvalue weighted by atomic mass is 16.5. The van der Waals surface area contributed by atoms with Crippen molar-refractivity contribution in [1.29, 1.82) is 0 Å². The number of nitrogens with one attached hydrogen (secondary N) is 1. The van der Waals surface area contributed by atoms with E-state index in [1.165, 1.54) is 0 Å². The van der Waals surface area contributed by atoms with Crippen LogP contribution in [0.15, 0.2) is 130 Å². The van der Waals surface area contributed by atoms with Crippen LogP contribution in [0.5, 0.6) is 11.5 Å². The molecule has 0 fully saturated rings. The number of fused-ring (bicyclic) bond motifs is 1. The van der Waals surface area contributed by atoms with Crippen LogP contribution in [-0.2, 0) is 6.54 Å². The third-order valence-electron chi connectivity index (χ3n) is 6.02. The quantitative estimate of drug-likeness (QED) is 0.203. The summed E-state index contributed by atoms with van der Waals surface area (Å²) < 4.78 is 5.36. The van der Waals surface area contributed by atoms with Crippen molar-refractivity contribution in [1.82, 2.24) is 5.32 Å². The van der Waals surface area contributed by atoms with E-state index in [0.717, 1.165) is 16.6 Å². The maximum Gasteiger partial charge on any atom is 0.255 e. The normalized spacial score (nSPS) is 11.3. The second kappa shape index (κ2) is 11.8. The third kappa shape index (κ3) is 5.97. The fourth-order valence-electron chi connectivity index (χ4n) is 4.02. The first kappa shape index (κ1) is 25.3. The minimum Gasteiger partial charge on any atom is -0.505 e. The summed E-state index contributed by atoms with van der Waals surface area (Å²) in [5.74, 6) is -0.0143. The zero-order valence-electron chi connectivity index (χ0n) is 21.2. The van der Waals surface area contributed by atoms with Crippen LogP contribution in [0.1, 0.15) is 15.9 Å². The van der Waals surface area contributed by atoms with Crippen LogP contribution in [0.25, 0.3) is 10.8 Å². The first-order valence-electron chi connectivity index (χ1n) is 12.3. The Labute approximate surface area is 225 Å². The van der Waals surface area contributed by atoms with Gasteiger partial charge in [0.2, 0.25) is 0 Å². The molecule has 0 aliphatic rings. The van der Waals surface area contributed by atoms with E-state index < -0.39 is 5.91 Å². The second-order valence-corrected chi connectivity index (χ2v) is 8.59. The summed E-state index contributed by atoms with van der Waals surface area (Å²) in [4.78, 5) is 13.1. The third-order valence-corrected chi connectivity index (χ3v) is 6.02. The zero-order chi connectivity index (χ0) is 27.0. The summed E-state index contributed by atoms with van der Waals surface area (Å²) in [6.45, 7) is 0.236. The summed E-state index contributed by atoms with van der Waals surface area (Å²) in [5.41, 5.74) is 3.12. The smallest absolute Gasteiger partial charge is 0.255 e. The maximum absolute atomic E-state index is 13.1. The number of hydrogen-bond donors (Lipinski definition) is 2. The summed E-state index contributed by atoms with van der Waals surface area (Å²) in [6, 6.07) is 33.0. The largest absolute Gasteiger partial charge is 0.505 e. The molecule has 1 amide bonds. The molecular weight excluding hydrogens is 490 g/mol. The molecule has 8 heteroatoms. The van der Waals surface area contributed by atoms with Crippen molar-refractivity contribution in [3.63, 3.8) is 0 Å². The van der Waals surface area contributed by atoms with Gasteiger partial charge in [-0.25, -0.2) is 0 Å². The fraction of sp³-hybridized carbons (Fsp3) is 0.0645. The molecule has 0 aromatic heterocycles. The monoisotopic (exact) mass is 515 g/mol. The van der Waals surface area contributed by atoms with Crippen molar-refractivity contribution in [2.45, 2.75) is 6.54 Å². The van der Waals surface area contributed by atoms with Crippen LogP contribution in [0.2, 0.25) is 0 Å². The van der Waals surface area contributed by atoms with Crippen molar-refractivity contribution in [3.05, 3.63) is 120 Å². The summed E-state index contributed by atoms with van der Waals surface area (Å²) in [7, 11) is 1.58. The predicted molar refractivity (Wildman–Crippen MR) is 151 cm³/mol. The Bertz CT molecular complexity index is 1670. The number of azo groups is 2. The van der Waals surface area contributed by atoms with Gasteiger partial charge in [0.1, 0.15) is 11.4 Å². The number of aromatic hydroxyl groups is 1. The first-order valence-corrected chi connectivity index (χ1v) is 12.3. The molecule has 0 heterocycles. The molecule has 0 aliphatic carbocycles. The Balaban J connectivity index is 1.39. The van der Waals surface area contributed by atoms with Gasteiger partial charge in [-0.1, -0.05) is 60.7 Å². The van der Waals surface area contributed by atoms with E-state index in [0.29, 0.717) is 22.5 Å². The van der Waals surface area contributed by atoms with E-state index >= 15 is 0 Å². The molecule has 0 radical (unpaired) electrons. The van der Waals surface area contributed by atoms with E-state index in [-0.39, 0.29) is 23.5 Å². The molecular formula is C31H25N5O3. The molecule has 192 valence electrons.